The molecule has 0 bridgehead atoms. The van der Waals surface area contributed by atoms with Gasteiger partial charge in [-0.15, -0.1) is 11.8 Å². The first-order valence-corrected chi connectivity index (χ1v) is 11.6. The van der Waals surface area contributed by atoms with Gasteiger partial charge in [-0.25, -0.2) is 0 Å². The molecule has 1 saturated heterocycles. The van der Waals surface area contributed by atoms with Crippen LogP contribution in [0.4, 0.5) is 5.69 Å². The molecule has 1 aliphatic rings. The Morgan fingerprint density at radius 1 is 1.06 bits per heavy atom. The van der Waals surface area contributed by atoms with Crippen molar-refractivity contribution in [2.75, 3.05) is 31.8 Å². The van der Waals surface area contributed by atoms with Crippen LogP contribution >= 0.6 is 11.8 Å². The number of hydrogen-bond acceptors (Lipinski definition) is 4. The van der Waals surface area contributed by atoms with Gasteiger partial charge in [0.2, 0.25) is 5.91 Å². The van der Waals surface area contributed by atoms with E-state index in [4.69, 9.17) is 4.74 Å². The smallest absolute Gasteiger partial charge is 0.254 e. The van der Waals surface area contributed by atoms with E-state index in [2.05, 4.69) is 5.32 Å². The van der Waals surface area contributed by atoms with E-state index in [1.54, 1.807) is 23.8 Å². The Kier molecular flexibility index (Phi) is 6.47. The van der Waals surface area contributed by atoms with Gasteiger partial charge in [-0.05, 0) is 54.8 Å². The highest BCUT2D eigenvalue weighted by molar-refractivity contribution is 7.98. The molecule has 0 unspecified atom stereocenters. The normalized spacial score (nSPS) is 16.2. The maximum Gasteiger partial charge on any atom is 0.254 e. The average molecular weight is 435 g/mol. The van der Waals surface area contributed by atoms with Crippen molar-refractivity contribution in [3.8, 4) is 5.75 Å². The van der Waals surface area contributed by atoms with Gasteiger partial charge in [0.15, 0.2) is 0 Å². The molecule has 2 amide bonds. The molecular weight excluding hydrogens is 408 g/mol. The summed E-state index contributed by atoms with van der Waals surface area (Å²) in [5.74, 6) is 0.451. The number of fused-ring (bicyclic) bond motifs is 1. The Labute approximate surface area is 186 Å². The van der Waals surface area contributed by atoms with Gasteiger partial charge in [-0.3, -0.25) is 9.59 Å². The van der Waals surface area contributed by atoms with Crippen LogP contribution < -0.4 is 10.1 Å². The summed E-state index contributed by atoms with van der Waals surface area (Å²) in [6.07, 6.45) is 3.60. The average Bonchev–Trinajstić information content (AvgIpc) is 2.83. The van der Waals surface area contributed by atoms with Gasteiger partial charge < -0.3 is 15.0 Å². The lowest BCUT2D eigenvalue weighted by Gasteiger charge is -2.32. The van der Waals surface area contributed by atoms with Crippen molar-refractivity contribution in [2.24, 2.45) is 5.92 Å². The quantitative estimate of drug-likeness (QED) is 0.570. The molecule has 0 saturated carbocycles. The number of amides is 2. The van der Waals surface area contributed by atoms with Crippen LogP contribution in [0.1, 0.15) is 23.2 Å². The maximum atomic E-state index is 13.4. The number of thioether (sulfide) groups is 1. The Hall–Kier alpha value is -2.99. The number of carbonyl (C=O) groups excluding carboxylic acids is 2. The molecule has 4 rings (SSSR count). The number of nitrogens with one attached hydrogen (secondary N) is 1. The Morgan fingerprint density at radius 2 is 1.87 bits per heavy atom. The number of hydrogen-bond donors (Lipinski definition) is 1. The third kappa shape index (κ3) is 4.54. The van der Waals surface area contributed by atoms with E-state index in [0.717, 1.165) is 39.9 Å². The highest BCUT2D eigenvalue weighted by atomic mass is 32.2. The van der Waals surface area contributed by atoms with Crippen LogP contribution in [-0.2, 0) is 4.79 Å². The number of piperidine rings is 1. The fraction of sp³-hybridized carbons (Fsp3) is 0.280. The van der Waals surface area contributed by atoms with Crippen LogP contribution in [0.5, 0.6) is 5.75 Å². The van der Waals surface area contributed by atoms with E-state index >= 15 is 0 Å². The highest BCUT2D eigenvalue weighted by Crippen LogP contribution is 2.30. The third-order valence-electron chi connectivity index (χ3n) is 5.75. The van der Waals surface area contributed by atoms with E-state index in [1.165, 1.54) is 0 Å². The zero-order valence-electron chi connectivity index (χ0n) is 17.8. The first kappa shape index (κ1) is 21.2. The number of rotatable bonds is 5. The lowest BCUT2D eigenvalue weighted by Crippen LogP contribution is -2.43. The van der Waals surface area contributed by atoms with E-state index in [9.17, 15) is 9.59 Å². The first-order chi connectivity index (χ1) is 15.1. The van der Waals surface area contributed by atoms with Crippen LogP contribution in [0.15, 0.2) is 65.6 Å². The number of ether oxygens (including phenoxy) is 1. The van der Waals surface area contributed by atoms with Crippen LogP contribution in [0.3, 0.4) is 0 Å². The third-order valence-corrected chi connectivity index (χ3v) is 6.48. The van der Waals surface area contributed by atoms with Gasteiger partial charge in [0.1, 0.15) is 5.75 Å². The van der Waals surface area contributed by atoms with E-state index in [-0.39, 0.29) is 17.7 Å². The summed E-state index contributed by atoms with van der Waals surface area (Å²) >= 11 is 1.64. The maximum absolute atomic E-state index is 13.4. The summed E-state index contributed by atoms with van der Waals surface area (Å²) in [5, 5.41) is 4.80. The molecule has 3 aromatic rings. The van der Waals surface area contributed by atoms with Crippen LogP contribution in [0.2, 0.25) is 0 Å². The minimum Gasteiger partial charge on any atom is -0.496 e. The number of nitrogens with zero attached hydrogens (tertiary/aromatic N) is 1. The topological polar surface area (TPSA) is 58.6 Å². The van der Waals surface area contributed by atoms with Crippen molar-refractivity contribution in [3.05, 3.63) is 66.2 Å². The molecule has 5 nitrogen and oxygen atoms in total. The molecule has 1 N–H and O–H groups in total. The molecule has 31 heavy (non-hydrogen) atoms. The largest absolute Gasteiger partial charge is 0.496 e. The van der Waals surface area contributed by atoms with Crippen molar-refractivity contribution in [1.82, 2.24) is 4.90 Å². The Morgan fingerprint density at radius 3 is 2.65 bits per heavy atom. The van der Waals surface area contributed by atoms with Crippen molar-refractivity contribution in [2.45, 2.75) is 17.7 Å². The van der Waals surface area contributed by atoms with Crippen LogP contribution in [0, 0.1) is 5.92 Å². The molecule has 0 aromatic heterocycles. The molecule has 1 fully saturated rings. The van der Waals surface area contributed by atoms with Crippen molar-refractivity contribution < 1.29 is 14.3 Å². The van der Waals surface area contributed by atoms with Gasteiger partial charge >= 0.3 is 0 Å². The summed E-state index contributed by atoms with van der Waals surface area (Å²) in [6.45, 7) is 1.08. The van der Waals surface area contributed by atoms with E-state index in [1.807, 2.05) is 66.9 Å². The molecule has 0 aliphatic carbocycles. The van der Waals surface area contributed by atoms with Gasteiger partial charge in [0.25, 0.3) is 5.91 Å². The van der Waals surface area contributed by atoms with Crippen LogP contribution in [-0.4, -0.2) is 43.2 Å². The van der Waals surface area contributed by atoms with Gasteiger partial charge in [0, 0.05) is 34.6 Å². The molecule has 3 aromatic carbocycles. The number of benzene rings is 3. The van der Waals surface area contributed by atoms with Crippen LogP contribution in [0.25, 0.3) is 10.8 Å². The fourth-order valence-electron chi connectivity index (χ4n) is 4.13. The van der Waals surface area contributed by atoms with Gasteiger partial charge in [0.05, 0.1) is 13.0 Å². The lowest BCUT2D eigenvalue weighted by atomic mass is 9.95. The molecule has 1 atom stereocenters. The van der Waals surface area contributed by atoms with Gasteiger partial charge in [-0.2, -0.15) is 0 Å². The Bertz CT molecular complexity index is 1110. The minimum atomic E-state index is -0.222. The predicted octanol–water partition coefficient (Wildman–Crippen LogP) is 5.06. The van der Waals surface area contributed by atoms with Crippen molar-refractivity contribution >= 4 is 40.0 Å². The number of anilines is 1. The molecule has 1 heterocycles. The fourth-order valence-corrected chi connectivity index (χ4v) is 4.59. The molecule has 0 radical (unpaired) electrons. The lowest BCUT2D eigenvalue weighted by molar-refractivity contribution is -0.121. The van der Waals surface area contributed by atoms with Gasteiger partial charge in [-0.1, -0.05) is 30.3 Å². The highest BCUT2D eigenvalue weighted by Gasteiger charge is 2.29. The molecule has 160 valence electrons. The zero-order valence-corrected chi connectivity index (χ0v) is 18.6. The Balaban J connectivity index is 1.51. The van der Waals surface area contributed by atoms with E-state index in [0.29, 0.717) is 18.7 Å². The summed E-state index contributed by atoms with van der Waals surface area (Å²) in [5.41, 5.74) is 1.44. The van der Waals surface area contributed by atoms with E-state index < -0.39 is 0 Å². The summed E-state index contributed by atoms with van der Waals surface area (Å²) < 4.78 is 5.45. The second-order valence-electron chi connectivity index (χ2n) is 7.67. The predicted molar refractivity (Wildman–Crippen MR) is 126 cm³/mol. The molecule has 6 heteroatoms. The molecule has 1 aliphatic heterocycles. The number of likely N-dealkylation sites (tertiary alicyclic amines) is 1. The monoisotopic (exact) mass is 434 g/mol. The van der Waals surface area contributed by atoms with Crippen molar-refractivity contribution in [3.63, 3.8) is 0 Å². The zero-order chi connectivity index (χ0) is 21.8. The summed E-state index contributed by atoms with van der Waals surface area (Å²) in [7, 11) is 1.63. The number of methoxy groups -OCH3 is 1. The minimum absolute atomic E-state index is 0.0321. The number of carbonyl (C=O) groups is 2. The first-order valence-electron chi connectivity index (χ1n) is 10.4. The summed E-state index contributed by atoms with van der Waals surface area (Å²) in [4.78, 5) is 29.2. The molecule has 0 spiro atoms. The second-order valence-corrected chi connectivity index (χ2v) is 8.55. The summed E-state index contributed by atoms with van der Waals surface area (Å²) in [6, 6.07) is 19.2. The standard InChI is InChI=1S/C25H26N2O3S/c1-30-23-13-12-22(20-10-3-4-11-21(20)23)25(29)27-14-6-7-17(16-27)24(28)26-18-8-5-9-19(15-18)31-2/h3-5,8-13,15,17H,6-7,14,16H2,1-2H3,(H,26,28)/t17-/m0/s1. The molecular formula is C25H26N2O3S. The second kappa shape index (κ2) is 9.43. The SMILES string of the molecule is COc1ccc(C(=O)N2CCC[C@H](C(=O)Nc3cccc(SC)c3)C2)c2ccccc12. The van der Waals surface area contributed by atoms with Crippen molar-refractivity contribution in [1.29, 1.82) is 0 Å².